The summed E-state index contributed by atoms with van der Waals surface area (Å²) in [5.74, 6) is 0.662. The maximum atomic E-state index is 13.8. The molecule has 0 radical (unpaired) electrons. The minimum Gasteiger partial charge on any atom is -0.456 e. The van der Waals surface area contributed by atoms with Gasteiger partial charge in [-0.1, -0.05) is 6.58 Å². The van der Waals surface area contributed by atoms with E-state index in [0.29, 0.717) is 40.3 Å². The molecule has 0 atom stereocenters. The molecule has 178 valence electrons. The van der Waals surface area contributed by atoms with Crippen LogP contribution in [0.3, 0.4) is 0 Å². The number of ether oxygens (including phenoxy) is 1. The molecular formula is C26H27FN2O4S. The van der Waals surface area contributed by atoms with E-state index in [2.05, 4.69) is 11.3 Å². The van der Waals surface area contributed by atoms with Gasteiger partial charge in [0.2, 0.25) is 0 Å². The first-order chi connectivity index (χ1) is 16.1. The Morgan fingerprint density at radius 1 is 1.06 bits per heavy atom. The van der Waals surface area contributed by atoms with Crippen molar-refractivity contribution in [1.82, 2.24) is 4.57 Å². The van der Waals surface area contributed by atoms with Crippen molar-refractivity contribution < 1.29 is 17.5 Å². The maximum absolute atomic E-state index is 13.8. The SMILES string of the molecule is C=CS(=O)(=O)Nc1ccc(Oc2c(C)cc(F)cc2C)c(-c2cn(C)c(=O)c3c2CCCC3)c1. The van der Waals surface area contributed by atoms with E-state index in [1.807, 2.05) is 0 Å². The molecule has 0 spiro atoms. The molecule has 0 aliphatic heterocycles. The first kappa shape index (κ1) is 23.8. The van der Waals surface area contributed by atoms with Gasteiger partial charge in [-0.25, -0.2) is 12.8 Å². The summed E-state index contributed by atoms with van der Waals surface area (Å²) in [5, 5.41) is 0.844. The third-order valence-corrected chi connectivity index (χ3v) is 7.04. The lowest BCUT2D eigenvalue weighted by Crippen LogP contribution is -2.25. The molecule has 6 nitrogen and oxygen atoms in total. The topological polar surface area (TPSA) is 77.4 Å². The Morgan fingerprint density at radius 2 is 1.71 bits per heavy atom. The number of hydrogen-bond donors (Lipinski definition) is 1. The normalized spacial score (nSPS) is 13.3. The lowest BCUT2D eigenvalue weighted by molar-refractivity contribution is 0.474. The summed E-state index contributed by atoms with van der Waals surface area (Å²) in [6.45, 7) is 6.88. The standard InChI is InChI=1S/C26H27FN2O4S/c1-5-34(31,32)28-19-10-11-24(33-25-16(2)12-18(27)13-17(25)3)22(14-19)23-15-29(4)26(30)21-9-7-6-8-20(21)23/h5,10-15,28H,1,6-9H2,2-4H3. The number of nitrogens with zero attached hydrogens (tertiary/aromatic N) is 1. The Kier molecular flexibility index (Phi) is 6.36. The van der Waals surface area contributed by atoms with E-state index >= 15 is 0 Å². The Bertz CT molecular complexity index is 1440. The van der Waals surface area contributed by atoms with Crippen LogP contribution in [-0.4, -0.2) is 13.0 Å². The van der Waals surface area contributed by atoms with Crippen LogP contribution in [0.15, 0.2) is 53.3 Å². The van der Waals surface area contributed by atoms with Gasteiger partial charge in [0.05, 0.1) is 0 Å². The van der Waals surface area contributed by atoms with Gasteiger partial charge in [0.25, 0.3) is 15.6 Å². The number of sulfonamides is 1. The fraction of sp³-hybridized carbons (Fsp3) is 0.269. The monoisotopic (exact) mass is 482 g/mol. The van der Waals surface area contributed by atoms with E-state index in [1.54, 1.807) is 49.9 Å². The van der Waals surface area contributed by atoms with Crippen LogP contribution in [0.1, 0.15) is 35.1 Å². The van der Waals surface area contributed by atoms with Crippen LogP contribution in [-0.2, 0) is 29.9 Å². The van der Waals surface area contributed by atoms with Crippen LogP contribution in [0.5, 0.6) is 11.5 Å². The van der Waals surface area contributed by atoms with Crippen LogP contribution < -0.4 is 15.0 Å². The zero-order chi connectivity index (χ0) is 24.6. The Morgan fingerprint density at radius 3 is 2.35 bits per heavy atom. The molecule has 0 saturated heterocycles. The van der Waals surface area contributed by atoms with E-state index in [1.165, 1.54) is 12.1 Å². The van der Waals surface area contributed by atoms with Gasteiger partial charge >= 0.3 is 0 Å². The van der Waals surface area contributed by atoms with Crippen molar-refractivity contribution in [2.24, 2.45) is 7.05 Å². The molecule has 2 aromatic carbocycles. The van der Waals surface area contributed by atoms with Gasteiger partial charge in [-0.3, -0.25) is 9.52 Å². The second-order valence-electron chi connectivity index (χ2n) is 8.62. The fourth-order valence-corrected chi connectivity index (χ4v) is 5.02. The average Bonchev–Trinajstić information content (AvgIpc) is 2.79. The summed E-state index contributed by atoms with van der Waals surface area (Å²) < 4.78 is 48.4. The van der Waals surface area contributed by atoms with E-state index in [9.17, 15) is 17.6 Å². The highest BCUT2D eigenvalue weighted by atomic mass is 32.2. The van der Waals surface area contributed by atoms with Crippen LogP contribution in [0.4, 0.5) is 10.1 Å². The lowest BCUT2D eigenvalue weighted by atomic mass is 9.87. The second-order valence-corrected chi connectivity index (χ2v) is 10.2. The molecule has 1 aromatic heterocycles. The van der Waals surface area contributed by atoms with Crippen LogP contribution >= 0.6 is 0 Å². The summed E-state index contributed by atoms with van der Waals surface area (Å²) in [6, 6.07) is 7.78. The predicted octanol–water partition coefficient (Wildman–Crippen LogP) is 5.36. The van der Waals surface area contributed by atoms with E-state index in [4.69, 9.17) is 4.74 Å². The van der Waals surface area contributed by atoms with Crippen molar-refractivity contribution in [2.45, 2.75) is 39.5 Å². The molecule has 1 N–H and O–H groups in total. The van der Waals surface area contributed by atoms with E-state index in [0.717, 1.165) is 41.4 Å². The van der Waals surface area contributed by atoms with Gasteiger partial charge in [-0.2, -0.15) is 0 Å². The number of benzene rings is 2. The predicted molar refractivity (Wildman–Crippen MR) is 132 cm³/mol. The van der Waals surface area contributed by atoms with Gasteiger partial charge in [-0.05, 0) is 86.6 Å². The Balaban J connectivity index is 1.94. The summed E-state index contributed by atoms with van der Waals surface area (Å²) in [5.41, 5.74) is 4.79. The third kappa shape index (κ3) is 4.63. The number of nitrogens with one attached hydrogen (secondary N) is 1. The maximum Gasteiger partial charge on any atom is 0.254 e. The molecule has 1 heterocycles. The minimum absolute atomic E-state index is 0.0188. The van der Waals surface area contributed by atoms with Crippen molar-refractivity contribution in [3.8, 4) is 22.6 Å². The number of aromatic nitrogens is 1. The zero-order valence-corrected chi connectivity index (χ0v) is 20.3. The van der Waals surface area contributed by atoms with Crippen LogP contribution in [0, 0.1) is 19.7 Å². The zero-order valence-electron chi connectivity index (χ0n) is 19.4. The van der Waals surface area contributed by atoms with Crippen LogP contribution in [0.25, 0.3) is 11.1 Å². The Labute approximate surface area is 198 Å². The van der Waals surface area contributed by atoms with Gasteiger partial charge in [-0.15, -0.1) is 0 Å². The van der Waals surface area contributed by atoms with Gasteiger partial charge in [0.1, 0.15) is 17.3 Å². The molecule has 0 amide bonds. The molecule has 0 fully saturated rings. The summed E-state index contributed by atoms with van der Waals surface area (Å²) in [4.78, 5) is 12.8. The molecule has 1 aliphatic carbocycles. The number of fused-ring (bicyclic) bond motifs is 1. The molecule has 34 heavy (non-hydrogen) atoms. The molecule has 0 unspecified atom stereocenters. The van der Waals surface area contributed by atoms with Gasteiger partial charge in [0, 0.05) is 41.0 Å². The molecule has 1 aliphatic rings. The van der Waals surface area contributed by atoms with Gasteiger partial charge < -0.3 is 9.30 Å². The number of hydrogen-bond acceptors (Lipinski definition) is 4. The first-order valence-corrected chi connectivity index (χ1v) is 12.6. The number of halogens is 1. The minimum atomic E-state index is -3.72. The number of rotatable bonds is 6. The summed E-state index contributed by atoms with van der Waals surface area (Å²) in [7, 11) is -2.01. The smallest absolute Gasteiger partial charge is 0.254 e. The highest BCUT2D eigenvalue weighted by molar-refractivity contribution is 7.95. The highest BCUT2D eigenvalue weighted by Crippen LogP contribution is 2.40. The molecule has 0 saturated carbocycles. The Hall–Kier alpha value is -3.39. The number of anilines is 1. The van der Waals surface area contributed by atoms with Crippen molar-refractivity contribution in [3.63, 3.8) is 0 Å². The first-order valence-electron chi connectivity index (χ1n) is 11.1. The van der Waals surface area contributed by atoms with Crippen molar-refractivity contribution in [2.75, 3.05) is 4.72 Å². The quantitative estimate of drug-likeness (QED) is 0.513. The van der Waals surface area contributed by atoms with Crippen molar-refractivity contribution in [3.05, 3.63) is 86.9 Å². The molecule has 0 bridgehead atoms. The fourth-order valence-electron chi connectivity index (χ4n) is 4.48. The van der Waals surface area contributed by atoms with E-state index in [-0.39, 0.29) is 11.4 Å². The molecule has 8 heteroatoms. The van der Waals surface area contributed by atoms with Crippen molar-refractivity contribution >= 4 is 15.7 Å². The largest absolute Gasteiger partial charge is 0.456 e. The summed E-state index contributed by atoms with van der Waals surface area (Å²) in [6.07, 6.45) is 5.12. The molecule has 3 aromatic rings. The number of pyridine rings is 1. The average molecular weight is 483 g/mol. The summed E-state index contributed by atoms with van der Waals surface area (Å²) >= 11 is 0. The van der Waals surface area contributed by atoms with Crippen molar-refractivity contribution in [1.29, 1.82) is 0 Å². The molecule has 4 rings (SSSR count). The second kappa shape index (κ2) is 9.10. The van der Waals surface area contributed by atoms with Gasteiger partial charge in [0.15, 0.2) is 0 Å². The van der Waals surface area contributed by atoms with E-state index < -0.39 is 10.0 Å². The van der Waals surface area contributed by atoms with Crippen LogP contribution in [0.2, 0.25) is 0 Å². The lowest BCUT2D eigenvalue weighted by Gasteiger charge is -2.23. The molecular weight excluding hydrogens is 455 g/mol. The highest BCUT2D eigenvalue weighted by Gasteiger charge is 2.22. The number of aryl methyl sites for hydroxylation is 3. The third-order valence-electron chi connectivity index (χ3n) is 6.08.